The predicted octanol–water partition coefficient (Wildman–Crippen LogP) is 7.32. The summed E-state index contributed by atoms with van der Waals surface area (Å²) < 4.78 is 11.9. The molecule has 5 heteroatoms. The van der Waals surface area contributed by atoms with E-state index in [9.17, 15) is 0 Å². The third-order valence-electron chi connectivity index (χ3n) is 6.04. The second kappa shape index (κ2) is 6.92. The summed E-state index contributed by atoms with van der Waals surface area (Å²) in [5.41, 5.74) is 5.13. The van der Waals surface area contributed by atoms with Crippen molar-refractivity contribution >= 4 is 32.7 Å². The fraction of sp³-hybridized carbons (Fsp3) is 0.385. The Kier molecular flexibility index (Phi) is 4.52. The van der Waals surface area contributed by atoms with Crippen LogP contribution in [0.15, 0.2) is 48.5 Å². The van der Waals surface area contributed by atoms with Crippen LogP contribution in [-0.2, 0) is 10.8 Å². The number of ether oxygens (including phenoxy) is 2. The average Bonchev–Trinajstić information content (AvgIpc) is 3.42. The maximum absolute atomic E-state index is 5.97. The molecule has 2 aromatic carbocycles. The molecule has 31 heavy (non-hydrogen) atoms. The minimum Gasteiger partial charge on any atom is -0.471 e. The highest BCUT2D eigenvalue weighted by atomic mass is 32.1. The van der Waals surface area contributed by atoms with Crippen LogP contribution in [0.1, 0.15) is 52.7 Å². The molecule has 4 nitrogen and oxygen atoms in total. The molecule has 0 saturated carbocycles. The monoisotopic (exact) mass is 434 g/mol. The van der Waals surface area contributed by atoms with Crippen molar-refractivity contribution < 1.29 is 9.47 Å². The lowest BCUT2D eigenvalue weighted by molar-refractivity contribution is 0.358. The van der Waals surface area contributed by atoms with Gasteiger partial charge in [-0.15, -0.1) is 11.3 Å². The molecule has 162 valence electrons. The second-order valence-corrected chi connectivity index (χ2v) is 11.4. The molecule has 3 aromatic rings. The van der Waals surface area contributed by atoms with Crippen LogP contribution in [0.4, 0.5) is 21.4 Å². The molecule has 2 aliphatic rings. The minimum atomic E-state index is 0.102. The van der Waals surface area contributed by atoms with Crippen LogP contribution in [0.2, 0.25) is 0 Å². The first-order valence-corrected chi connectivity index (χ1v) is 11.6. The van der Waals surface area contributed by atoms with Crippen LogP contribution in [0.3, 0.4) is 0 Å². The molecule has 0 fully saturated rings. The molecular formula is C26H30N2O2S. The highest BCUT2D eigenvalue weighted by molar-refractivity contribution is 7.20. The van der Waals surface area contributed by atoms with Crippen LogP contribution in [0.25, 0.3) is 0 Å². The number of nitrogens with zero attached hydrogens (tertiary/aromatic N) is 2. The van der Waals surface area contributed by atoms with Gasteiger partial charge in [-0.25, -0.2) is 0 Å². The third kappa shape index (κ3) is 3.55. The summed E-state index contributed by atoms with van der Waals surface area (Å²) in [5, 5.41) is 2.36. The van der Waals surface area contributed by atoms with Crippen LogP contribution in [-0.4, -0.2) is 13.5 Å². The maximum atomic E-state index is 5.97. The molecule has 5 rings (SSSR count). The van der Waals surface area contributed by atoms with Crippen LogP contribution < -0.4 is 19.3 Å². The lowest BCUT2D eigenvalue weighted by atomic mass is 9.87. The highest BCUT2D eigenvalue weighted by Crippen LogP contribution is 2.48. The lowest BCUT2D eigenvalue weighted by Crippen LogP contribution is -2.16. The van der Waals surface area contributed by atoms with E-state index in [-0.39, 0.29) is 10.8 Å². The molecule has 3 heterocycles. The molecule has 1 aromatic heterocycles. The Morgan fingerprint density at radius 3 is 1.45 bits per heavy atom. The highest BCUT2D eigenvalue weighted by Gasteiger charge is 2.29. The standard InChI is InChI=1S/C26H30N2O2S/c1-25(2,3)17-7-9-21-19(13-17)27(15-29-21)23-11-12-24(31-23)28-16-30-22-10-8-18(14-20(22)28)26(4,5)6/h7-14H,15-16H2,1-6H3. The van der Waals surface area contributed by atoms with E-state index in [0.717, 1.165) is 22.9 Å². The van der Waals surface area contributed by atoms with E-state index in [1.165, 1.54) is 21.1 Å². The quantitative estimate of drug-likeness (QED) is 0.422. The van der Waals surface area contributed by atoms with E-state index < -0.39 is 0 Å². The first-order chi connectivity index (χ1) is 14.6. The van der Waals surface area contributed by atoms with Gasteiger partial charge >= 0.3 is 0 Å². The van der Waals surface area contributed by atoms with Gasteiger partial charge in [0.2, 0.25) is 0 Å². The Morgan fingerprint density at radius 1 is 0.645 bits per heavy atom. The summed E-state index contributed by atoms with van der Waals surface area (Å²) in [5.74, 6) is 1.90. The Morgan fingerprint density at radius 2 is 1.06 bits per heavy atom. The van der Waals surface area contributed by atoms with E-state index >= 15 is 0 Å². The summed E-state index contributed by atoms with van der Waals surface area (Å²) in [6.07, 6.45) is 0. The largest absolute Gasteiger partial charge is 0.471 e. The summed E-state index contributed by atoms with van der Waals surface area (Å²) in [6.45, 7) is 14.6. The van der Waals surface area contributed by atoms with E-state index in [1.54, 1.807) is 11.3 Å². The van der Waals surface area contributed by atoms with Gasteiger partial charge in [0, 0.05) is 0 Å². The van der Waals surface area contributed by atoms with Gasteiger partial charge in [-0.1, -0.05) is 53.7 Å². The SMILES string of the molecule is CC(C)(C)c1ccc2c(c1)N(c1ccc(N3COc4ccc(C(C)(C)C)cc43)s1)CO2. The fourth-order valence-electron chi connectivity index (χ4n) is 4.01. The fourth-order valence-corrected chi connectivity index (χ4v) is 5.02. The summed E-state index contributed by atoms with van der Waals surface area (Å²) in [4.78, 5) is 4.53. The van der Waals surface area contributed by atoms with Gasteiger partial charge in [0.25, 0.3) is 0 Å². The van der Waals surface area contributed by atoms with Crippen molar-refractivity contribution in [2.24, 2.45) is 0 Å². The van der Waals surface area contributed by atoms with Crippen LogP contribution >= 0.6 is 11.3 Å². The molecule has 0 saturated heterocycles. The van der Waals surface area contributed by atoms with Crippen molar-refractivity contribution in [2.75, 3.05) is 23.3 Å². The van der Waals surface area contributed by atoms with Gasteiger partial charge in [-0.3, -0.25) is 9.80 Å². The van der Waals surface area contributed by atoms with Gasteiger partial charge in [-0.05, 0) is 58.4 Å². The second-order valence-electron chi connectivity index (χ2n) is 10.4. The summed E-state index contributed by atoms with van der Waals surface area (Å²) >= 11 is 1.77. The van der Waals surface area contributed by atoms with Gasteiger partial charge in [0.05, 0.1) is 11.4 Å². The average molecular weight is 435 g/mol. The summed E-state index contributed by atoms with van der Waals surface area (Å²) in [6, 6.07) is 17.5. The van der Waals surface area contributed by atoms with Crippen LogP contribution in [0.5, 0.6) is 11.5 Å². The topological polar surface area (TPSA) is 24.9 Å². The molecule has 2 aliphatic heterocycles. The summed E-state index contributed by atoms with van der Waals surface area (Å²) in [7, 11) is 0. The van der Waals surface area contributed by atoms with Crippen molar-refractivity contribution in [3.05, 3.63) is 59.7 Å². The number of hydrogen-bond donors (Lipinski definition) is 0. The van der Waals surface area contributed by atoms with Gasteiger partial charge < -0.3 is 9.47 Å². The van der Waals surface area contributed by atoms with Crippen molar-refractivity contribution in [2.45, 2.75) is 52.4 Å². The Balaban J connectivity index is 1.46. The van der Waals surface area contributed by atoms with E-state index in [4.69, 9.17) is 9.47 Å². The predicted molar refractivity (Wildman–Crippen MR) is 130 cm³/mol. The van der Waals surface area contributed by atoms with E-state index in [0.29, 0.717) is 13.5 Å². The zero-order valence-corrected chi connectivity index (χ0v) is 20.0. The molecule has 0 radical (unpaired) electrons. The maximum Gasteiger partial charge on any atom is 0.166 e. The van der Waals surface area contributed by atoms with Crippen molar-refractivity contribution in [3.63, 3.8) is 0 Å². The zero-order chi connectivity index (χ0) is 22.0. The number of fused-ring (bicyclic) bond motifs is 2. The Hall–Kier alpha value is -2.66. The molecule has 0 unspecified atom stereocenters. The molecule has 0 N–H and O–H groups in total. The molecule has 0 amide bonds. The lowest BCUT2D eigenvalue weighted by Gasteiger charge is -2.22. The molecule has 0 spiro atoms. The first kappa shape index (κ1) is 20.3. The minimum absolute atomic E-state index is 0.102. The van der Waals surface area contributed by atoms with E-state index in [1.807, 2.05) is 0 Å². The first-order valence-electron chi connectivity index (χ1n) is 10.8. The Labute approximate surface area is 189 Å². The number of thiophene rings is 1. The number of anilines is 4. The van der Waals surface area contributed by atoms with Gasteiger partial charge in [-0.2, -0.15) is 0 Å². The van der Waals surface area contributed by atoms with Crippen molar-refractivity contribution in [1.29, 1.82) is 0 Å². The normalized spacial score (nSPS) is 15.5. The van der Waals surface area contributed by atoms with Crippen LogP contribution in [0, 0.1) is 0 Å². The van der Waals surface area contributed by atoms with Crippen molar-refractivity contribution in [1.82, 2.24) is 0 Å². The number of rotatable bonds is 2. The van der Waals surface area contributed by atoms with Gasteiger partial charge in [0.15, 0.2) is 13.5 Å². The smallest absolute Gasteiger partial charge is 0.166 e. The Bertz CT molecular complexity index is 1050. The third-order valence-corrected chi connectivity index (χ3v) is 7.17. The molecule has 0 bridgehead atoms. The molecule has 0 aliphatic carbocycles. The van der Waals surface area contributed by atoms with Gasteiger partial charge in [0.1, 0.15) is 21.5 Å². The number of benzene rings is 2. The molecule has 0 atom stereocenters. The zero-order valence-electron chi connectivity index (χ0n) is 19.2. The van der Waals surface area contributed by atoms with Crippen molar-refractivity contribution in [3.8, 4) is 11.5 Å². The molecular weight excluding hydrogens is 404 g/mol. The number of hydrogen-bond acceptors (Lipinski definition) is 5. The van der Waals surface area contributed by atoms with E-state index in [2.05, 4.69) is 99.9 Å².